The highest BCUT2D eigenvalue weighted by Gasteiger charge is 2.14. The van der Waals surface area contributed by atoms with E-state index in [4.69, 9.17) is 5.73 Å². The molecule has 0 atom stereocenters. The molecular formula is C12H20N4S. The zero-order valence-corrected chi connectivity index (χ0v) is 11.2. The Kier molecular flexibility index (Phi) is 4.59. The minimum Gasteiger partial charge on any atom is -0.368 e. The predicted molar refractivity (Wildman–Crippen MR) is 71.8 cm³/mol. The summed E-state index contributed by atoms with van der Waals surface area (Å²) in [6, 6.07) is 0. The molecule has 94 valence electrons. The van der Waals surface area contributed by atoms with Crippen LogP contribution in [0.15, 0.2) is 0 Å². The molecule has 0 aromatic carbocycles. The Morgan fingerprint density at radius 3 is 2.53 bits per heavy atom. The fraction of sp³-hybridized carbons (Fsp3) is 0.750. The van der Waals surface area contributed by atoms with Gasteiger partial charge >= 0.3 is 0 Å². The van der Waals surface area contributed by atoms with Crippen LogP contribution in [0.3, 0.4) is 0 Å². The average Bonchev–Trinajstić information content (AvgIpc) is 2.37. The van der Waals surface area contributed by atoms with Gasteiger partial charge in [-0.15, -0.1) is 0 Å². The van der Waals surface area contributed by atoms with Crippen LogP contribution in [-0.2, 0) is 12.2 Å². The lowest BCUT2D eigenvalue weighted by molar-refractivity contribution is 0.516. The van der Waals surface area contributed by atoms with E-state index in [0.29, 0.717) is 5.95 Å². The first-order valence-corrected chi connectivity index (χ1v) is 7.43. The van der Waals surface area contributed by atoms with Crippen molar-refractivity contribution in [2.24, 2.45) is 0 Å². The third-order valence-corrected chi connectivity index (χ3v) is 4.43. The van der Waals surface area contributed by atoms with Gasteiger partial charge in [0.15, 0.2) is 0 Å². The molecule has 0 radical (unpaired) electrons. The van der Waals surface area contributed by atoms with E-state index in [-0.39, 0.29) is 0 Å². The van der Waals surface area contributed by atoms with Crippen LogP contribution >= 0.6 is 11.8 Å². The Labute approximate surface area is 107 Å². The van der Waals surface area contributed by atoms with Crippen LogP contribution in [0.4, 0.5) is 5.95 Å². The van der Waals surface area contributed by atoms with Crippen LogP contribution in [0, 0.1) is 0 Å². The van der Waals surface area contributed by atoms with Crippen molar-refractivity contribution in [2.45, 2.75) is 56.5 Å². The molecule has 1 aromatic rings. The molecule has 0 unspecified atom stereocenters. The predicted octanol–water partition coefficient (Wildman–Crippen LogP) is 2.58. The maximum absolute atomic E-state index is 5.67. The molecule has 1 aliphatic rings. The van der Waals surface area contributed by atoms with Crippen molar-refractivity contribution in [2.75, 3.05) is 5.73 Å². The van der Waals surface area contributed by atoms with Crippen molar-refractivity contribution < 1.29 is 0 Å². The fourth-order valence-corrected chi connectivity index (χ4v) is 3.32. The monoisotopic (exact) mass is 252 g/mol. The molecule has 1 saturated carbocycles. The third kappa shape index (κ3) is 3.84. The van der Waals surface area contributed by atoms with Gasteiger partial charge in [-0.3, -0.25) is 0 Å². The summed E-state index contributed by atoms with van der Waals surface area (Å²) in [5, 5.41) is 0.784. The molecule has 1 heterocycles. The first-order chi connectivity index (χ1) is 8.28. The molecule has 0 bridgehead atoms. The Morgan fingerprint density at radius 2 is 1.82 bits per heavy atom. The molecule has 5 heteroatoms. The van der Waals surface area contributed by atoms with Crippen molar-refractivity contribution in [3.05, 3.63) is 11.6 Å². The summed E-state index contributed by atoms with van der Waals surface area (Å²) >= 11 is 1.97. The maximum Gasteiger partial charge on any atom is 0.223 e. The molecular weight excluding hydrogens is 232 g/mol. The number of aryl methyl sites for hydroxylation is 1. The quantitative estimate of drug-likeness (QED) is 0.892. The molecule has 1 fully saturated rings. The van der Waals surface area contributed by atoms with Gasteiger partial charge in [0.05, 0.1) is 5.75 Å². The molecule has 1 aliphatic carbocycles. The molecule has 0 saturated heterocycles. The Balaban J connectivity index is 1.91. The fourth-order valence-electron chi connectivity index (χ4n) is 2.14. The summed E-state index contributed by atoms with van der Waals surface area (Å²) in [5.74, 6) is 2.86. The highest BCUT2D eigenvalue weighted by Crippen LogP contribution is 2.29. The van der Waals surface area contributed by atoms with Crippen molar-refractivity contribution in [1.82, 2.24) is 15.0 Å². The highest BCUT2D eigenvalue weighted by molar-refractivity contribution is 7.99. The maximum atomic E-state index is 5.67. The minimum atomic E-state index is 0.357. The van der Waals surface area contributed by atoms with E-state index in [1.54, 1.807) is 0 Å². The Morgan fingerprint density at radius 1 is 1.12 bits per heavy atom. The van der Waals surface area contributed by atoms with Crippen molar-refractivity contribution in [3.8, 4) is 0 Å². The van der Waals surface area contributed by atoms with Gasteiger partial charge in [0, 0.05) is 11.7 Å². The van der Waals surface area contributed by atoms with Gasteiger partial charge in [0.2, 0.25) is 5.95 Å². The highest BCUT2D eigenvalue weighted by atomic mass is 32.2. The topological polar surface area (TPSA) is 64.7 Å². The van der Waals surface area contributed by atoms with Gasteiger partial charge < -0.3 is 5.73 Å². The molecule has 2 rings (SSSR count). The summed E-state index contributed by atoms with van der Waals surface area (Å²) in [6.07, 6.45) is 7.63. The van der Waals surface area contributed by atoms with E-state index in [1.165, 1.54) is 32.1 Å². The first kappa shape index (κ1) is 12.6. The molecule has 2 N–H and O–H groups in total. The first-order valence-electron chi connectivity index (χ1n) is 6.39. The van der Waals surface area contributed by atoms with Gasteiger partial charge in [0.25, 0.3) is 0 Å². The number of aromatic nitrogens is 3. The average molecular weight is 252 g/mol. The van der Waals surface area contributed by atoms with Crippen LogP contribution in [0.2, 0.25) is 0 Å². The van der Waals surface area contributed by atoms with Gasteiger partial charge in [-0.05, 0) is 12.8 Å². The van der Waals surface area contributed by atoms with E-state index in [9.17, 15) is 0 Å². The van der Waals surface area contributed by atoms with E-state index in [0.717, 1.165) is 29.1 Å². The zero-order chi connectivity index (χ0) is 12.1. The lowest BCUT2D eigenvalue weighted by Gasteiger charge is -2.20. The minimum absolute atomic E-state index is 0.357. The second kappa shape index (κ2) is 6.19. The SMILES string of the molecule is CCc1nc(N)nc(CSC2CCCCC2)n1. The van der Waals surface area contributed by atoms with Crippen molar-refractivity contribution in [1.29, 1.82) is 0 Å². The van der Waals surface area contributed by atoms with Crippen LogP contribution in [-0.4, -0.2) is 20.2 Å². The lowest BCUT2D eigenvalue weighted by atomic mass is 10.0. The van der Waals surface area contributed by atoms with Crippen LogP contribution < -0.4 is 5.73 Å². The zero-order valence-electron chi connectivity index (χ0n) is 10.4. The lowest BCUT2D eigenvalue weighted by Crippen LogP contribution is -2.10. The molecule has 0 spiro atoms. The summed E-state index contributed by atoms with van der Waals surface area (Å²) in [6.45, 7) is 2.03. The number of hydrogen-bond acceptors (Lipinski definition) is 5. The normalized spacial score (nSPS) is 17.2. The summed E-state index contributed by atoms with van der Waals surface area (Å²) in [5.41, 5.74) is 5.67. The number of anilines is 1. The number of nitrogens with zero attached hydrogens (tertiary/aromatic N) is 3. The Hall–Kier alpha value is -0.840. The van der Waals surface area contributed by atoms with E-state index >= 15 is 0 Å². The second-order valence-electron chi connectivity index (χ2n) is 4.45. The largest absolute Gasteiger partial charge is 0.368 e. The van der Waals surface area contributed by atoms with E-state index in [1.807, 2.05) is 18.7 Å². The summed E-state index contributed by atoms with van der Waals surface area (Å²) < 4.78 is 0. The number of hydrogen-bond donors (Lipinski definition) is 1. The second-order valence-corrected chi connectivity index (χ2v) is 5.74. The van der Waals surface area contributed by atoms with Crippen LogP contribution in [0.5, 0.6) is 0 Å². The van der Waals surface area contributed by atoms with Crippen molar-refractivity contribution >= 4 is 17.7 Å². The van der Waals surface area contributed by atoms with Gasteiger partial charge in [-0.2, -0.15) is 21.7 Å². The van der Waals surface area contributed by atoms with Gasteiger partial charge in [-0.1, -0.05) is 26.2 Å². The van der Waals surface area contributed by atoms with Crippen LogP contribution in [0.25, 0.3) is 0 Å². The number of nitrogens with two attached hydrogens (primary N) is 1. The van der Waals surface area contributed by atoms with Crippen LogP contribution in [0.1, 0.15) is 50.7 Å². The number of thioether (sulfide) groups is 1. The number of nitrogen functional groups attached to an aromatic ring is 1. The molecule has 0 amide bonds. The van der Waals surface area contributed by atoms with E-state index in [2.05, 4.69) is 15.0 Å². The molecule has 4 nitrogen and oxygen atoms in total. The Bertz CT molecular complexity index is 364. The molecule has 1 aromatic heterocycles. The smallest absolute Gasteiger partial charge is 0.223 e. The summed E-state index contributed by atoms with van der Waals surface area (Å²) in [7, 11) is 0. The van der Waals surface area contributed by atoms with Gasteiger partial charge in [-0.25, -0.2) is 4.98 Å². The van der Waals surface area contributed by atoms with Gasteiger partial charge in [0.1, 0.15) is 11.6 Å². The van der Waals surface area contributed by atoms with Crippen molar-refractivity contribution in [3.63, 3.8) is 0 Å². The third-order valence-electron chi connectivity index (χ3n) is 3.06. The standard InChI is InChI=1S/C12H20N4S/c1-2-10-14-11(16-12(13)15-10)8-17-9-6-4-3-5-7-9/h9H,2-8H2,1H3,(H2,13,14,15,16). The number of rotatable bonds is 4. The summed E-state index contributed by atoms with van der Waals surface area (Å²) in [4.78, 5) is 12.7. The van der Waals surface area contributed by atoms with E-state index < -0.39 is 0 Å². The molecule has 17 heavy (non-hydrogen) atoms. The molecule has 0 aliphatic heterocycles.